The number of pyridine rings is 1. The zero-order chi connectivity index (χ0) is 20.6. The first-order valence-corrected chi connectivity index (χ1v) is 9.80. The first-order valence-electron chi connectivity index (χ1n) is 9.80. The van der Waals surface area contributed by atoms with Crippen LogP contribution in [0.1, 0.15) is 41.4 Å². The number of methoxy groups -OCH3 is 1. The molecular weight excluding hydrogens is 362 g/mol. The van der Waals surface area contributed by atoms with Crippen LogP contribution in [0.15, 0.2) is 66.9 Å². The van der Waals surface area contributed by atoms with Gasteiger partial charge in [0.1, 0.15) is 11.4 Å². The molecule has 0 aliphatic carbocycles. The number of ether oxygens (including phenoxy) is 1. The number of rotatable bonds is 8. The third kappa shape index (κ3) is 5.57. The fourth-order valence-corrected chi connectivity index (χ4v) is 3.14. The van der Waals surface area contributed by atoms with Crippen LogP contribution in [0.3, 0.4) is 0 Å². The lowest BCUT2D eigenvalue weighted by atomic mass is 10.0. The molecule has 0 aliphatic heterocycles. The van der Waals surface area contributed by atoms with Gasteiger partial charge in [-0.05, 0) is 53.8 Å². The van der Waals surface area contributed by atoms with Gasteiger partial charge >= 0.3 is 0 Å². The summed E-state index contributed by atoms with van der Waals surface area (Å²) in [5, 5.41) is 6.35. The van der Waals surface area contributed by atoms with Crippen molar-refractivity contribution in [1.29, 1.82) is 0 Å². The molecule has 1 amide bonds. The molecule has 5 heteroatoms. The highest BCUT2D eigenvalue weighted by Crippen LogP contribution is 2.26. The number of nitrogens with zero attached hydrogens (tertiary/aromatic N) is 1. The minimum Gasteiger partial charge on any atom is -0.497 e. The summed E-state index contributed by atoms with van der Waals surface area (Å²) in [7, 11) is 1.65. The largest absolute Gasteiger partial charge is 0.497 e. The summed E-state index contributed by atoms with van der Waals surface area (Å²) >= 11 is 0. The molecule has 5 nitrogen and oxygen atoms in total. The summed E-state index contributed by atoms with van der Waals surface area (Å²) < 4.78 is 5.23. The van der Waals surface area contributed by atoms with E-state index in [1.54, 1.807) is 19.4 Å². The maximum absolute atomic E-state index is 12.5. The predicted molar refractivity (Wildman–Crippen MR) is 117 cm³/mol. The quantitative estimate of drug-likeness (QED) is 0.573. The van der Waals surface area contributed by atoms with E-state index >= 15 is 0 Å². The second-order valence-corrected chi connectivity index (χ2v) is 7.15. The first kappa shape index (κ1) is 20.4. The Kier molecular flexibility index (Phi) is 6.85. The molecule has 150 valence electrons. The average molecular weight is 389 g/mol. The lowest BCUT2D eigenvalue weighted by Gasteiger charge is -2.15. The molecule has 0 spiro atoms. The van der Waals surface area contributed by atoms with Gasteiger partial charge in [0.15, 0.2) is 0 Å². The number of benzene rings is 2. The van der Waals surface area contributed by atoms with Gasteiger partial charge in [-0.15, -0.1) is 0 Å². The van der Waals surface area contributed by atoms with Gasteiger partial charge in [0.05, 0.1) is 7.11 Å². The van der Waals surface area contributed by atoms with Crippen LogP contribution >= 0.6 is 0 Å². The van der Waals surface area contributed by atoms with E-state index in [4.69, 9.17) is 4.74 Å². The first-order chi connectivity index (χ1) is 14.1. The second kappa shape index (κ2) is 9.73. The number of hydrogen-bond acceptors (Lipinski definition) is 4. The van der Waals surface area contributed by atoms with Crippen molar-refractivity contribution in [2.24, 2.45) is 0 Å². The standard InChI is InChI=1S/C24H27N3O2/c1-17(2)21-9-4-5-10-22(21)27-19-12-14-25-23(16-19)24(28)26-13-11-18-7-6-8-20(15-18)29-3/h4-10,12,14-17H,11,13H2,1-3H3,(H,25,27)(H,26,28). The van der Waals surface area contributed by atoms with Crippen molar-refractivity contribution < 1.29 is 9.53 Å². The Morgan fingerprint density at radius 2 is 1.90 bits per heavy atom. The van der Waals surface area contributed by atoms with Crippen molar-refractivity contribution in [1.82, 2.24) is 10.3 Å². The van der Waals surface area contributed by atoms with Crippen LogP contribution in [-0.4, -0.2) is 24.5 Å². The fraction of sp³-hybridized carbons (Fsp3) is 0.250. The van der Waals surface area contributed by atoms with E-state index in [2.05, 4.69) is 35.5 Å². The monoisotopic (exact) mass is 389 g/mol. The van der Waals surface area contributed by atoms with E-state index in [-0.39, 0.29) is 5.91 Å². The topological polar surface area (TPSA) is 63.2 Å². The molecule has 29 heavy (non-hydrogen) atoms. The molecular formula is C24H27N3O2. The van der Waals surface area contributed by atoms with E-state index in [1.807, 2.05) is 48.5 Å². The zero-order valence-electron chi connectivity index (χ0n) is 17.1. The Bertz CT molecular complexity index is 970. The summed E-state index contributed by atoms with van der Waals surface area (Å²) in [5.74, 6) is 1.03. The number of para-hydroxylation sites is 1. The third-order valence-electron chi connectivity index (χ3n) is 4.69. The highest BCUT2D eigenvalue weighted by atomic mass is 16.5. The Morgan fingerprint density at radius 3 is 2.69 bits per heavy atom. The molecule has 2 N–H and O–H groups in total. The van der Waals surface area contributed by atoms with Crippen LogP contribution in [0.2, 0.25) is 0 Å². The molecule has 0 radical (unpaired) electrons. The third-order valence-corrected chi connectivity index (χ3v) is 4.69. The Labute approximate surface area is 172 Å². The minimum absolute atomic E-state index is 0.186. The van der Waals surface area contributed by atoms with Gasteiger partial charge in [-0.3, -0.25) is 9.78 Å². The number of anilines is 2. The van der Waals surface area contributed by atoms with Gasteiger partial charge in [-0.1, -0.05) is 44.2 Å². The lowest BCUT2D eigenvalue weighted by Crippen LogP contribution is -2.26. The molecule has 0 atom stereocenters. The maximum atomic E-state index is 12.5. The highest BCUT2D eigenvalue weighted by Gasteiger charge is 2.10. The lowest BCUT2D eigenvalue weighted by molar-refractivity contribution is 0.0949. The van der Waals surface area contributed by atoms with Crippen molar-refractivity contribution >= 4 is 17.3 Å². The summed E-state index contributed by atoms with van der Waals surface area (Å²) in [6.45, 7) is 4.85. The molecule has 0 saturated heterocycles. The Balaban J connectivity index is 1.62. The van der Waals surface area contributed by atoms with E-state index in [0.717, 1.165) is 29.1 Å². The molecule has 0 saturated carbocycles. The second-order valence-electron chi connectivity index (χ2n) is 7.15. The number of carbonyl (C=O) groups excluding carboxylic acids is 1. The van der Waals surface area contributed by atoms with Crippen LogP contribution in [0.4, 0.5) is 11.4 Å². The number of amides is 1. The molecule has 2 aromatic carbocycles. The summed E-state index contributed by atoms with van der Waals surface area (Å²) in [5.41, 5.74) is 4.61. The van der Waals surface area contributed by atoms with E-state index in [0.29, 0.717) is 18.2 Å². The molecule has 0 aliphatic rings. The Morgan fingerprint density at radius 1 is 1.07 bits per heavy atom. The average Bonchev–Trinajstić information content (AvgIpc) is 2.74. The Hall–Kier alpha value is -3.34. The number of carbonyl (C=O) groups is 1. The minimum atomic E-state index is -0.186. The predicted octanol–water partition coefficient (Wildman–Crippen LogP) is 4.93. The van der Waals surface area contributed by atoms with Crippen molar-refractivity contribution in [2.75, 3.05) is 19.0 Å². The van der Waals surface area contributed by atoms with Crippen LogP contribution in [0, 0.1) is 0 Å². The molecule has 3 aromatic rings. The van der Waals surface area contributed by atoms with Crippen LogP contribution in [0.5, 0.6) is 5.75 Å². The van der Waals surface area contributed by atoms with Crippen LogP contribution in [-0.2, 0) is 6.42 Å². The normalized spacial score (nSPS) is 10.6. The summed E-state index contributed by atoms with van der Waals surface area (Å²) in [6.07, 6.45) is 2.37. The zero-order valence-corrected chi connectivity index (χ0v) is 17.1. The van der Waals surface area contributed by atoms with Crippen molar-refractivity contribution in [2.45, 2.75) is 26.2 Å². The van der Waals surface area contributed by atoms with Crippen LogP contribution in [0.25, 0.3) is 0 Å². The molecule has 3 rings (SSSR count). The number of aromatic nitrogens is 1. The van der Waals surface area contributed by atoms with Crippen molar-refractivity contribution in [3.05, 3.63) is 83.7 Å². The summed E-state index contributed by atoms with van der Waals surface area (Å²) in [4.78, 5) is 16.7. The van der Waals surface area contributed by atoms with Crippen molar-refractivity contribution in [3.63, 3.8) is 0 Å². The van der Waals surface area contributed by atoms with Gasteiger partial charge in [0.25, 0.3) is 5.91 Å². The van der Waals surface area contributed by atoms with E-state index < -0.39 is 0 Å². The fourth-order valence-electron chi connectivity index (χ4n) is 3.14. The van der Waals surface area contributed by atoms with Crippen LogP contribution < -0.4 is 15.4 Å². The SMILES string of the molecule is COc1cccc(CCNC(=O)c2cc(Nc3ccccc3C(C)C)ccn2)c1. The van der Waals surface area contributed by atoms with Gasteiger partial charge in [-0.25, -0.2) is 0 Å². The van der Waals surface area contributed by atoms with Gasteiger partial charge in [0, 0.05) is 24.1 Å². The van der Waals surface area contributed by atoms with Crippen molar-refractivity contribution in [3.8, 4) is 5.75 Å². The highest BCUT2D eigenvalue weighted by molar-refractivity contribution is 5.93. The molecule has 1 heterocycles. The maximum Gasteiger partial charge on any atom is 0.269 e. The molecule has 0 bridgehead atoms. The summed E-state index contributed by atoms with van der Waals surface area (Å²) in [6, 6.07) is 19.7. The molecule has 0 fully saturated rings. The van der Waals surface area contributed by atoms with Gasteiger partial charge in [-0.2, -0.15) is 0 Å². The molecule has 1 aromatic heterocycles. The van der Waals surface area contributed by atoms with Gasteiger partial charge < -0.3 is 15.4 Å². The van der Waals surface area contributed by atoms with E-state index in [1.165, 1.54) is 5.56 Å². The van der Waals surface area contributed by atoms with Gasteiger partial charge in [0.2, 0.25) is 0 Å². The van der Waals surface area contributed by atoms with E-state index in [9.17, 15) is 4.79 Å². The number of hydrogen-bond donors (Lipinski definition) is 2. The smallest absolute Gasteiger partial charge is 0.269 e. The number of nitrogens with one attached hydrogen (secondary N) is 2. The molecule has 0 unspecified atom stereocenters.